The Morgan fingerprint density at radius 2 is 1.73 bits per heavy atom. The molecule has 0 atom stereocenters. The van der Waals surface area contributed by atoms with Gasteiger partial charge in [0.05, 0.1) is 18.1 Å². The zero-order chi connectivity index (χ0) is 28.6. The molecule has 0 fully saturated rings. The van der Waals surface area contributed by atoms with Crippen molar-refractivity contribution in [2.45, 2.75) is 27.4 Å². The topological polar surface area (TPSA) is 94.4 Å². The van der Waals surface area contributed by atoms with Gasteiger partial charge in [0, 0.05) is 16.1 Å². The van der Waals surface area contributed by atoms with Crippen LogP contribution in [0.2, 0.25) is 5.02 Å². The molecule has 3 aromatic carbocycles. The van der Waals surface area contributed by atoms with Gasteiger partial charge in [-0.3, -0.25) is 4.79 Å². The maximum atomic E-state index is 12.8. The molecule has 0 aromatic heterocycles. The smallest absolute Gasteiger partial charge is 0.344 e. The lowest BCUT2D eigenvalue weighted by Crippen LogP contribution is -2.14. The van der Waals surface area contributed by atoms with E-state index in [9.17, 15) is 14.7 Å². The molecular formula is C31H28ClNO6S. The molecule has 0 saturated heterocycles. The van der Waals surface area contributed by atoms with Crippen molar-refractivity contribution in [3.05, 3.63) is 110 Å². The highest BCUT2D eigenvalue weighted by Crippen LogP contribution is 2.40. The second-order valence-corrected chi connectivity index (χ2v) is 10.1. The Labute approximate surface area is 242 Å². The van der Waals surface area contributed by atoms with Crippen LogP contribution in [0.4, 0.5) is 0 Å². The molecule has 0 unspecified atom stereocenters. The van der Waals surface area contributed by atoms with E-state index < -0.39 is 11.9 Å². The zero-order valence-electron chi connectivity index (χ0n) is 22.3. The molecule has 40 heavy (non-hydrogen) atoms. The van der Waals surface area contributed by atoms with Gasteiger partial charge in [0.1, 0.15) is 23.0 Å². The number of nitrogens with zero attached hydrogens (tertiary/aromatic N) is 1. The number of halogens is 1. The maximum absolute atomic E-state index is 12.8. The van der Waals surface area contributed by atoms with Crippen LogP contribution >= 0.6 is 23.4 Å². The Balaban J connectivity index is 1.64. The van der Waals surface area contributed by atoms with Gasteiger partial charge < -0.3 is 19.3 Å². The third-order valence-corrected chi connectivity index (χ3v) is 7.17. The lowest BCUT2D eigenvalue weighted by molar-refractivity contribution is -0.138. The van der Waals surface area contributed by atoms with Crippen molar-refractivity contribution in [1.29, 1.82) is 0 Å². The molecule has 1 heterocycles. The Morgan fingerprint density at radius 1 is 0.975 bits per heavy atom. The largest absolute Gasteiger partial charge is 0.506 e. The molecule has 0 bridgehead atoms. The van der Waals surface area contributed by atoms with E-state index in [1.165, 1.54) is 0 Å². The van der Waals surface area contributed by atoms with Crippen LogP contribution < -0.4 is 9.47 Å². The van der Waals surface area contributed by atoms with Crippen molar-refractivity contribution in [3.8, 4) is 11.5 Å². The number of thioether (sulfide) groups is 1. The van der Waals surface area contributed by atoms with Crippen molar-refractivity contribution >= 4 is 46.4 Å². The summed E-state index contributed by atoms with van der Waals surface area (Å²) in [5.74, 6) is -0.567. The molecule has 3 aromatic rings. The first kappa shape index (κ1) is 29.0. The molecule has 0 radical (unpaired) electrons. The van der Waals surface area contributed by atoms with Crippen LogP contribution in [0.5, 0.6) is 11.5 Å². The highest BCUT2D eigenvalue weighted by Gasteiger charge is 2.34. The van der Waals surface area contributed by atoms with Gasteiger partial charge in [-0.25, -0.2) is 9.79 Å². The second-order valence-electron chi connectivity index (χ2n) is 8.66. The molecular weight excluding hydrogens is 550 g/mol. The van der Waals surface area contributed by atoms with E-state index >= 15 is 0 Å². The standard InChI is InChI=1S/C31H28ClNO6S/c1-4-37-25-16-20(12-15-24(25)39-18-22-8-6-7-9-23(22)32)17-26-28(34)27(31(36)38-5-2)30(40-26)33-29(35)21-13-10-19(3)11-14-21/h6-17,34H,4-5,18H2,1-3H3/b26-17-,33-30?. The van der Waals surface area contributed by atoms with Gasteiger partial charge in [0.15, 0.2) is 11.5 Å². The number of aliphatic hydroxyl groups is 1. The molecule has 0 saturated carbocycles. The Kier molecular flexibility index (Phi) is 9.69. The highest BCUT2D eigenvalue weighted by molar-refractivity contribution is 8.18. The number of hydrogen-bond acceptors (Lipinski definition) is 7. The van der Waals surface area contributed by atoms with Gasteiger partial charge in [-0.05, 0) is 62.7 Å². The number of amides is 1. The molecule has 9 heteroatoms. The number of esters is 1. The van der Waals surface area contributed by atoms with Crippen LogP contribution in [0, 0.1) is 6.92 Å². The van der Waals surface area contributed by atoms with Crippen molar-refractivity contribution in [3.63, 3.8) is 0 Å². The summed E-state index contributed by atoms with van der Waals surface area (Å²) in [6.45, 7) is 6.21. The van der Waals surface area contributed by atoms with Crippen molar-refractivity contribution in [2.24, 2.45) is 4.99 Å². The van der Waals surface area contributed by atoms with Gasteiger partial charge in [-0.15, -0.1) is 0 Å². The number of aliphatic imine (C=N–C) groups is 1. The first-order valence-electron chi connectivity index (χ1n) is 12.6. The zero-order valence-corrected chi connectivity index (χ0v) is 23.8. The highest BCUT2D eigenvalue weighted by atomic mass is 35.5. The SMILES string of the molecule is CCOC(=O)C1=C(O)/C(=C/c2ccc(OCc3ccccc3Cl)c(OCC)c2)SC1=NC(=O)c1ccc(C)cc1. The molecule has 206 valence electrons. The number of aryl methyl sites for hydroxylation is 1. The average molecular weight is 578 g/mol. The molecule has 1 aliphatic rings. The van der Waals surface area contributed by atoms with E-state index in [1.54, 1.807) is 61.5 Å². The average Bonchev–Trinajstić information content (AvgIpc) is 3.23. The van der Waals surface area contributed by atoms with E-state index in [2.05, 4.69) is 4.99 Å². The molecule has 0 aliphatic carbocycles. The van der Waals surface area contributed by atoms with Crippen molar-refractivity contribution in [1.82, 2.24) is 0 Å². The number of rotatable bonds is 9. The minimum atomic E-state index is -0.760. The van der Waals surface area contributed by atoms with Crippen LogP contribution in [0.25, 0.3) is 6.08 Å². The summed E-state index contributed by atoms with van der Waals surface area (Å²) in [7, 11) is 0. The summed E-state index contributed by atoms with van der Waals surface area (Å²) in [5.41, 5.74) is 2.74. The third-order valence-electron chi connectivity index (χ3n) is 5.78. The molecule has 0 spiro atoms. The lowest BCUT2D eigenvalue weighted by atomic mass is 10.1. The monoisotopic (exact) mass is 577 g/mol. The van der Waals surface area contributed by atoms with Gasteiger partial charge >= 0.3 is 5.97 Å². The Morgan fingerprint density at radius 3 is 2.42 bits per heavy atom. The fourth-order valence-electron chi connectivity index (χ4n) is 3.77. The first-order valence-corrected chi connectivity index (χ1v) is 13.8. The minimum absolute atomic E-state index is 0.0671. The molecule has 1 amide bonds. The quantitative estimate of drug-likeness (QED) is 0.266. The minimum Gasteiger partial charge on any atom is -0.506 e. The molecule has 1 N–H and O–H groups in total. The summed E-state index contributed by atoms with van der Waals surface area (Å²) < 4.78 is 16.9. The predicted molar refractivity (Wildman–Crippen MR) is 158 cm³/mol. The normalized spacial score (nSPS) is 15.0. The third kappa shape index (κ3) is 6.94. The summed E-state index contributed by atoms with van der Waals surface area (Å²) in [6, 6.07) is 19.7. The summed E-state index contributed by atoms with van der Waals surface area (Å²) in [6.07, 6.45) is 1.68. The van der Waals surface area contributed by atoms with Crippen LogP contribution in [-0.4, -0.2) is 35.2 Å². The first-order chi connectivity index (χ1) is 19.3. The van der Waals surface area contributed by atoms with Crippen LogP contribution in [0.3, 0.4) is 0 Å². The summed E-state index contributed by atoms with van der Waals surface area (Å²) >= 11 is 7.26. The van der Waals surface area contributed by atoms with Crippen molar-refractivity contribution in [2.75, 3.05) is 13.2 Å². The van der Waals surface area contributed by atoms with Crippen LogP contribution in [0.1, 0.15) is 40.9 Å². The van der Waals surface area contributed by atoms with E-state index in [1.807, 2.05) is 32.0 Å². The van der Waals surface area contributed by atoms with Crippen molar-refractivity contribution < 1.29 is 28.9 Å². The van der Waals surface area contributed by atoms with Gasteiger partial charge in [0.25, 0.3) is 5.91 Å². The fourth-order valence-corrected chi connectivity index (χ4v) is 4.97. The maximum Gasteiger partial charge on any atom is 0.344 e. The molecule has 4 rings (SSSR count). The van der Waals surface area contributed by atoms with E-state index in [0.717, 1.165) is 22.9 Å². The number of hydrogen-bond donors (Lipinski definition) is 1. The number of carbonyl (C=O) groups is 2. The summed E-state index contributed by atoms with van der Waals surface area (Å²) in [5, 5.41) is 11.7. The number of aliphatic hydroxyl groups excluding tert-OH is 1. The number of benzene rings is 3. The molecule has 1 aliphatic heterocycles. The fraction of sp³-hybridized carbons (Fsp3) is 0.194. The van der Waals surface area contributed by atoms with Gasteiger partial charge in [0.2, 0.25) is 0 Å². The van der Waals surface area contributed by atoms with Crippen LogP contribution in [-0.2, 0) is 16.1 Å². The van der Waals surface area contributed by atoms with Crippen LogP contribution in [0.15, 0.2) is 88.0 Å². The summed E-state index contributed by atoms with van der Waals surface area (Å²) in [4.78, 5) is 30.0. The van der Waals surface area contributed by atoms with Gasteiger partial charge in [-0.1, -0.05) is 65.3 Å². The van der Waals surface area contributed by atoms with Gasteiger partial charge in [-0.2, -0.15) is 0 Å². The van der Waals surface area contributed by atoms with E-state index in [-0.39, 0.29) is 29.6 Å². The second kappa shape index (κ2) is 13.4. The van der Waals surface area contributed by atoms with E-state index in [0.29, 0.717) is 39.2 Å². The number of ether oxygens (including phenoxy) is 3. The Bertz CT molecular complexity index is 1510. The predicted octanol–water partition coefficient (Wildman–Crippen LogP) is 7.33. The lowest BCUT2D eigenvalue weighted by Gasteiger charge is -2.13. The molecule has 7 nitrogen and oxygen atoms in total. The Hall–Kier alpha value is -4.01. The van der Waals surface area contributed by atoms with E-state index in [4.69, 9.17) is 25.8 Å². The number of carbonyl (C=O) groups excluding carboxylic acids is 2.